The molecule has 0 saturated carbocycles. The molecule has 1 unspecified atom stereocenters. The number of halogens is 4. The Morgan fingerprint density at radius 2 is 1.50 bits per heavy atom. The van der Waals surface area contributed by atoms with Crippen molar-refractivity contribution in [2.75, 3.05) is 68.4 Å². The second-order valence-electron chi connectivity index (χ2n) is 14.0. The van der Waals surface area contributed by atoms with E-state index in [1.54, 1.807) is 6.20 Å². The third-order valence-electron chi connectivity index (χ3n) is 10.5. The van der Waals surface area contributed by atoms with Crippen molar-refractivity contribution in [1.29, 1.82) is 0 Å². The minimum Gasteiger partial charge on any atom is -0.416 e. The van der Waals surface area contributed by atoms with Gasteiger partial charge in [0, 0.05) is 88.0 Å². The molecule has 54 heavy (non-hydrogen) atoms. The monoisotopic (exact) mass is 758 g/mol. The normalized spacial score (nSPS) is 17.9. The fraction of sp³-hybridized carbons (Fsp3) is 0.316. The van der Waals surface area contributed by atoms with Crippen LogP contribution in [0, 0.1) is 23.3 Å². The van der Waals surface area contributed by atoms with Gasteiger partial charge in [0.05, 0.1) is 38.4 Å². The van der Waals surface area contributed by atoms with E-state index in [0.717, 1.165) is 25.2 Å². The van der Waals surface area contributed by atoms with Crippen LogP contribution < -0.4 is 26.0 Å². The van der Waals surface area contributed by atoms with E-state index >= 15 is 13.2 Å². The molecule has 0 aliphatic carbocycles. The van der Waals surface area contributed by atoms with Crippen molar-refractivity contribution in [2.45, 2.75) is 24.4 Å². The number of pyridine rings is 2. The first-order valence-electron chi connectivity index (χ1n) is 17.7. The number of aromatic nitrogens is 4. The van der Waals surface area contributed by atoms with Gasteiger partial charge in [-0.2, -0.15) is 0 Å². The van der Waals surface area contributed by atoms with Gasteiger partial charge in [-0.25, -0.2) is 17.6 Å². The molecule has 9 rings (SSSR count). The Bertz CT molecular complexity index is 2620. The van der Waals surface area contributed by atoms with Crippen LogP contribution in [0.15, 0.2) is 67.7 Å². The van der Waals surface area contributed by atoms with E-state index in [1.807, 2.05) is 28.3 Å². The Labute approximate surface area is 309 Å². The van der Waals surface area contributed by atoms with E-state index in [4.69, 9.17) is 4.42 Å². The zero-order valence-electron chi connectivity index (χ0n) is 29.3. The van der Waals surface area contributed by atoms with Crippen molar-refractivity contribution < 1.29 is 22.0 Å². The lowest BCUT2D eigenvalue weighted by atomic mass is 10.1. The van der Waals surface area contributed by atoms with Gasteiger partial charge >= 0.3 is 0 Å². The van der Waals surface area contributed by atoms with E-state index in [2.05, 4.69) is 20.4 Å². The second kappa shape index (κ2) is 13.3. The van der Waals surface area contributed by atoms with Gasteiger partial charge < -0.3 is 33.6 Å². The van der Waals surface area contributed by atoms with E-state index in [0.29, 0.717) is 67.2 Å². The van der Waals surface area contributed by atoms with Gasteiger partial charge in [-0.1, -0.05) is 0 Å². The fourth-order valence-electron chi connectivity index (χ4n) is 7.72. The summed E-state index contributed by atoms with van der Waals surface area (Å²) in [6.07, 6.45) is 2.90. The number of fused-ring (bicyclic) bond motifs is 1. The van der Waals surface area contributed by atoms with Gasteiger partial charge in [-0.3, -0.25) is 9.59 Å². The maximum absolute atomic E-state index is 15.9. The lowest BCUT2D eigenvalue weighted by molar-refractivity contribution is 0.311. The average Bonchev–Trinajstić information content (AvgIpc) is 3.64. The highest BCUT2D eigenvalue weighted by molar-refractivity contribution is 7.99. The number of nitrogens with one attached hydrogen (secondary N) is 1. The highest BCUT2D eigenvalue weighted by Gasteiger charge is 2.29. The fourth-order valence-corrected chi connectivity index (χ4v) is 8.94. The largest absolute Gasteiger partial charge is 0.416 e. The Hall–Kier alpha value is -5.19. The van der Waals surface area contributed by atoms with Crippen molar-refractivity contribution in [2.24, 2.45) is 0 Å². The molecule has 0 radical (unpaired) electrons. The molecule has 2 fully saturated rings. The maximum Gasteiger partial charge on any atom is 0.253 e. The molecule has 1 atom stereocenters. The Kier molecular flexibility index (Phi) is 8.50. The highest BCUT2D eigenvalue weighted by Crippen LogP contribution is 2.42. The number of benzene rings is 3. The first kappa shape index (κ1) is 34.6. The molecule has 3 aromatic carbocycles. The van der Waals surface area contributed by atoms with Crippen LogP contribution in [0.4, 0.5) is 28.9 Å². The number of likely N-dealkylation sites (N-methyl/N-ethyl adjacent to an activating group) is 1. The smallest absolute Gasteiger partial charge is 0.253 e. The van der Waals surface area contributed by atoms with E-state index < -0.39 is 34.1 Å². The van der Waals surface area contributed by atoms with Crippen LogP contribution in [0.5, 0.6) is 0 Å². The molecule has 1 N–H and O–H groups in total. The highest BCUT2D eigenvalue weighted by atomic mass is 32.2. The third-order valence-corrected chi connectivity index (χ3v) is 11.5. The zero-order chi connectivity index (χ0) is 37.4. The lowest BCUT2D eigenvalue weighted by Gasteiger charge is -2.36. The Morgan fingerprint density at radius 3 is 2.24 bits per heavy atom. The number of aryl methyl sites for hydroxylation is 1. The Balaban J connectivity index is 1.18. The minimum atomic E-state index is -0.919. The molecular weight excluding hydrogens is 725 g/mol. The van der Waals surface area contributed by atoms with Crippen LogP contribution in [0.3, 0.4) is 0 Å². The predicted octanol–water partition coefficient (Wildman–Crippen LogP) is 5.23. The van der Waals surface area contributed by atoms with Crippen molar-refractivity contribution in [3.8, 4) is 28.6 Å². The summed E-state index contributed by atoms with van der Waals surface area (Å²) in [5.74, 6) is -2.73. The van der Waals surface area contributed by atoms with Gasteiger partial charge in [0.2, 0.25) is 10.9 Å². The molecule has 2 saturated heterocycles. The number of nitrogens with zero attached hydrogens (tertiary/aromatic N) is 7. The molecule has 0 spiro atoms. The molecule has 0 amide bonds. The predicted molar refractivity (Wildman–Crippen MR) is 200 cm³/mol. The van der Waals surface area contributed by atoms with Crippen molar-refractivity contribution in [3.05, 3.63) is 92.5 Å². The van der Waals surface area contributed by atoms with Crippen molar-refractivity contribution >= 4 is 44.9 Å². The van der Waals surface area contributed by atoms with Crippen LogP contribution in [0.1, 0.15) is 6.92 Å². The first-order valence-corrected chi connectivity index (χ1v) is 18.7. The maximum atomic E-state index is 15.9. The molecule has 3 aliphatic rings. The van der Waals surface area contributed by atoms with Gasteiger partial charge in [0.25, 0.3) is 11.8 Å². The Morgan fingerprint density at radius 1 is 0.796 bits per heavy atom. The molecule has 3 aromatic heterocycles. The summed E-state index contributed by atoms with van der Waals surface area (Å²) in [5.41, 5.74) is 0.0434. The minimum absolute atomic E-state index is 0.0116. The van der Waals surface area contributed by atoms with Gasteiger partial charge in [0.15, 0.2) is 0 Å². The standard InChI is InChI=1S/C38H34F4N8O3S/c1-20-17-48(6-5-43-20)31-16-30-22(14-27(31)41)34(51)25(19-50(30)29-4-3-21(39)13-26(29)40)38-45-44-37(53-38)24-18-49-11-12-54-36-32(49)23(35(24)52)15-28(42)33(36)47-9-7-46(2)8-10-47/h3-4,13-16,18-20,43H,5-12,17H2,1-2H3. The molecule has 16 heteroatoms. The molecular formula is C38H34F4N8O3S. The van der Waals surface area contributed by atoms with E-state index in [-0.39, 0.29) is 56.6 Å². The summed E-state index contributed by atoms with van der Waals surface area (Å²) in [4.78, 5) is 34.9. The number of hydrogen-bond acceptors (Lipinski definition) is 10. The zero-order valence-corrected chi connectivity index (χ0v) is 30.2. The summed E-state index contributed by atoms with van der Waals surface area (Å²) in [7, 11) is 2.03. The van der Waals surface area contributed by atoms with Crippen LogP contribution in [0.25, 0.3) is 50.4 Å². The number of thioether (sulfide) groups is 1. The molecule has 0 bridgehead atoms. The number of hydrogen-bond donors (Lipinski definition) is 1. The summed E-state index contributed by atoms with van der Waals surface area (Å²) in [6.45, 7) is 7.04. The van der Waals surface area contributed by atoms with Crippen molar-refractivity contribution in [1.82, 2.24) is 29.5 Å². The molecule has 6 aromatic rings. The number of piperazine rings is 2. The first-order chi connectivity index (χ1) is 26.0. The van der Waals surface area contributed by atoms with E-state index in [1.165, 1.54) is 40.7 Å². The van der Waals surface area contributed by atoms with Crippen molar-refractivity contribution in [3.63, 3.8) is 0 Å². The molecule has 11 nitrogen and oxygen atoms in total. The lowest BCUT2D eigenvalue weighted by Crippen LogP contribution is -2.49. The summed E-state index contributed by atoms with van der Waals surface area (Å²) in [5, 5.41) is 11.6. The second-order valence-corrected chi connectivity index (χ2v) is 15.1. The molecule has 3 aliphatic heterocycles. The van der Waals surface area contributed by atoms with Gasteiger partial charge in [-0.05, 0) is 44.3 Å². The topological polar surface area (TPSA) is 105 Å². The molecule has 278 valence electrons. The number of rotatable bonds is 5. The third kappa shape index (κ3) is 5.74. The summed E-state index contributed by atoms with van der Waals surface area (Å²) < 4.78 is 70.4. The van der Waals surface area contributed by atoms with Gasteiger partial charge in [-0.15, -0.1) is 22.0 Å². The van der Waals surface area contributed by atoms with Crippen LogP contribution in [-0.4, -0.2) is 88.9 Å². The summed E-state index contributed by atoms with van der Waals surface area (Å²) in [6, 6.07) is 6.94. The molecule has 6 heterocycles. The van der Waals surface area contributed by atoms with Crippen LogP contribution >= 0.6 is 11.8 Å². The van der Waals surface area contributed by atoms with Gasteiger partial charge in [0.1, 0.15) is 34.4 Å². The van der Waals surface area contributed by atoms with Crippen LogP contribution in [-0.2, 0) is 6.54 Å². The van der Waals surface area contributed by atoms with E-state index in [9.17, 15) is 14.0 Å². The summed E-state index contributed by atoms with van der Waals surface area (Å²) >= 11 is 1.52. The quantitative estimate of drug-likeness (QED) is 0.235. The van der Waals surface area contributed by atoms with Crippen LogP contribution in [0.2, 0.25) is 0 Å². The number of anilines is 2. The average molecular weight is 759 g/mol. The SMILES string of the molecule is CC1CN(c2cc3c(cc2F)c(=O)c(-c2nnc(-c4cn5c6c(c(N7CCN(C)CC7)c(F)cc6c4=O)SCC5)o2)cn3-c2ccc(F)cc2F)CCN1.